The molecule has 31 heavy (non-hydrogen) atoms. The van der Waals surface area contributed by atoms with Gasteiger partial charge in [-0.15, -0.1) is 0 Å². The molecule has 4 aliphatic rings. The van der Waals surface area contributed by atoms with Crippen molar-refractivity contribution in [2.75, 3.05) is 25.5 Å². The Bertz CT molecular complexity index is 854. The van der Waals surface area contributed by atoms with Crippen LogP contribution in [0.15, 0.2) is 46.7 Å². The number of fused-ring (bicyclic) bond motifs is 3. The van der Waals surface area contributed by atoms with E-state index >= 15 is 0 Å². The number of amidine groups is 1. The van der Waals surface area contributed by atoms with E-state index in [0.717, 1.165) is 48.3 Å². The predicted octanol–water partition coefficient (Wildman–Crippen LogP) is 4.39. The van der Waals surface area contributed by atoms with Gasteiger partial charge < -0.3 is 15.5 Å². The number of para-hydroxylation sites is 1. The van der Waals surface area contributed by atoms with Crippen molar-refractivity contribution in [1.82, 2.24) is 15.1 Å². The summed E-state index contributed by atoms with van der Waals surface area (Å²) in [6.45, 7) is 1.68. The Hall–Kier alpha value is -2.50. The minimum Gasteiger partial charge on any atom is -0.371 e. The quantitative estimate of drug-likeness (QED) is 0.661. The summed E-state index contributed by atoms with van der Waals surface area (Å²) >= 11 is 0. The van der Waals surface area contributed by atoms with Crippen molar-refractivity contribution in [2.45, 2.75) is 69.9 Å². The standard InChI is InChI=1S/C25H36N6/c1-30-17-20(23(26)31-22-15-9-8-14-21(22)29-25(30)31)24(28-19-12-6-3-7-13-19)27-16-18-10-4-2-5-11-18/h3,6-7,12-13,18,21-22,26-28H,2,4-5,8-11,14-17H2,1H3/b24-20+,26-23?/t21-,22+/m1/s1. The van der Waals surface area contributed by atoms with E-state index in [0.29, 0.717) is 24.5 Å². The number of nitrogens with zero attached hydrogens (tertiary/aromatic N) is 3. The summed E-state index contributed by atoms with van der Waals surface area (Å²) < 4.78 is 0. The molecule has 3 fully saturated rings. The molecule has 2 heterocycles. The molecule has 0 amide bonds. The Kier molecular flexibility index (Phi) is 5.88. The Morgan fingerprint density at radius 3 is 2.58 bits per heavy atom. The van der Waals surface area contributed by atoms with Crippen LogP contribution in [0.25, 0.3) is 0 Å². The van der Waals surface area contributed by atoms with E-state index < -0.39 is 0 Å². The van der Waals surface area contributed by atoms with Crippen molar-refractivity contribution in [3.63, 3.8) is 0 Å². The number of likely N-dealkylation sites (N-methyl/N-ethyl adjacent to an activating group) is 1. The van der Waals surface area contributed by atoms with Crippen molar-refractivity contribution in [2.24, 2.45) is 10.9 Å². The first kappa shape index (κ1) is 20.4. The van der Waals surface area contributed by atoms with E-state index in [1.165, 1.54) is 44.9 Å². The van der Waals surface area contributed by atoms with Crippen LogP contribution in [-0.2, 0) is 0 Å². The van der Waals surface area contributed by atoms with Gasteiger partial charge in [0, 0.05) is 19.3 Å². The molecule has 1 aromatic rings. The Morgan fingerprint density at radius 1 is 1.03 bits per heavy atom. The van der Waals surface area contributed by atoms with E-state index in [1.54, 1.807) is 0 Å². The minimum absolute atomic E-state index is 0.352. The Labute approximate surface area is 186 Å². The van der Waals surface area contributed by atoms with Gasteiger partial charge in [0.2, 0.25) is 5.96 Å². The summed E-state index contributed by atoms with van der Waals surface area (Å²) in [5.74, 6) is 3.34. The highest BCUT2D eigenvalue weighted by Gasteiger charge is 2.45. The molecule has 0 radical (unpaired) electrons. The van der Waals surface area contributed by atoms with Crippen LogP contribution in [0.2, 0.25) is 0 Å². The fraction of sp³-hybridized carbons (Fsp3) is 0.600. The van der Waals surface area contributed by atoms with Crippen molar-refractivity contribution in [3.05, 3.63) is 41.7 Å². The number of hydrogen-bond donors (Lipinski definition) is 3. The number of rotatable bonds is 5. The monoisotopic (exact) mass is 420 g/mol. The van der Waals surface area contributed by atoms with Crippen LogP contribution in [0.3, 0.4) is 0 Å². The van der Waals surface area contributed by atoms with Gasteiger partial charge in [-0.1, -0.05) is 50.3 Å². The molecule has 2 saturated carbocycles. The summed E-state index contributed by atoms with van der Waals surface area (Å²) in [4.78, 5) is 9.48. The zero-order valence-corrected chi connectivity index (χ0v) is 18.7. The maximum atomic E-state index is 9.19. The van der Waals surface area contributed by atoms with E-state index in [9.17, 15) is 5.41 Å². The van der Waals surface area contributed by atoms with Gasteiger partial charge in [0.05, 0.1) is 24.2 Å². The Morgan fingerprint density at radius 2 is 1.77 bits per heavy atom. The SMILES string of the molecule is CN1C/C(=C(/NCC2CCCCC2)Nc2ccccc2)C(=N)N2C1=N[C@@H]1CCCC[C@@H]12. The second kappa shape index (κ2) is 8.93. The molecule has 2 aliphatic heterocycles. The smallest absolute Gasteiger partial charge is 0.203 e. The molecule has 0 aromatic heterocycles. The Balaban J connectivity index is 1.43. The van der Waals surface area contributed by atoms with E-state index in [-0.39, 0.29) is 0 Å². The highest BCUT2D eigenvalue weighted by molar-refractivity contribution is 6.11. The summed E-state index contributed by atoms with van der Waals surface area (Å²) in [6.07, 6.45) is 11.5. The highest BCUT2D eigenvalue weighted by atomic mass is 15.5. The first-order valence-electron chi connectivity index (χ1n) is 12.2. The number of guanidine groups is 1. The van der Waals surface area contributed by atoms with Crippen LogP contribution in [0, 0.1) is 11.3 Å². The van der Waals surface area contributed by atoms with Crippen molar-refractivity contribution >= 4 is 17.5 Å². The first-order chi connectivity index (χ1) is 15.2. The van der Waals surface area contributed by atoms with Crippen LogP contribution in [0.5, 0.6) is 0 Å². The van der Waals surface area contributed by atoms with Crippen LogP contribution in [-0.4, -0.2) is 53.8 Å². The second-order valence-corrected chi connectivity index (χ2v) is 9.65. The maximum Gasteiger partial charge on any atom is 0.203 e. The van der Waals surface area contributed by atoms with Crippen molar-refractivity contribution in [1.29, 1.82) is 5.41 Å². The van der Waals surface area contributed by atoms with Crippen LogP contribution in [0.4, 0.5) is 5.69 Å². The van der Waals surface area contributed by atoms with Gasteiger partial charge in [-0.05, 0) is 43.7 Å². The third-order valence-corrected chi connectivity index (χ3v) is 7.42. The molecule has 5 rings (SSSR count). The zero-order chi connectivity index (χ0) is 21.2. The molecular formula is C25H36N6. The zero-order valence-electron chi connectivity index (χ0n) is 18.7. The van der Waals surface area contributed by atoms with Gasteiger partial charge in [-0.25, -0.2) is 4.99 Å². The number of benzene rings is 1. The van der Waals surface area contributed by atoms with E-state index in [1.807, 2.05) is 6.07 Å². The third kappa shape index (κ3) is 4.17. The molecule has 0 spiro atoms. The predicted molar refractivity (Wildman–Crippen MR) is 127 cm³/mol. The summed E-state index contributed by atoms with van der Waals surface area (Å²) in [5.41, 5.74) is 2.11. The normalized spacial score (nSPS) is 28.0. The van der Waals surface area contributed by atoms with Crippen molar-refractivity contribution < 1.29 is 0 Å². The maximum absolute atomic E-state index is 9.19. The molecule has 166 valence electrons. The van der Waals surface area contributed by atoms with Crippen LogP contribution >= 0.6 is 0 Å². The lowest BCUT2D eigenvalue weighted by Crippen LogP contribution is -2.56. The molecule has 2 aliphatic carbocycles. The second-order valence-electron chi connectivity index (χ2n) is 9.65. The van der Waals surface area contributed by atoms with Gasteiger partial charge in [0.15, 0.2) is 0 Å². The summed E-state index contributed by atoms with van der Waals surface area (Å²) in [7, 11) is 2.12. The molecule has 3 N–H and O–H groups in total. The van der Waals surface area contributed by atoms with Crippen molar-refractivity contribution in [3.8, 4) is 0 Å². The van der Waals surface area contributed by atoms with E-state index in [4.69, 9.17) is 4.99 Å². The average molecular weight is 421 g/mol. The lowest BCUT2D eigenvalue weighted by molar-refractivity contribution is 0.293. The molecular weight excluding hydrogens is 384 g/mol. The summed E-state index contributed by atoms with van der Waals surface area (Å²) in [6, 6.07) is 11.1. The molecule has 0 unspecified atom stereocenters. The topological polar surface area (TPSA) is 66.8 Å². The minimum atomic E-state index is 0.352. The van der Waals surface area contributed by atoms with Gasteiger partial charge in [-0.2, -0.15) is 0 Å². The van der Waals surface area contributed by atoms with Gasteiger partial charge >= 0.3 is 0 Å². The highest BCUT2D eigenvalue weighted by Crippen LogP contribution is 2.35. The van der Waals surface area contributed by atoms with Crippen LogP contribution < -0.4 is 10.6 Å². The molecule has 6 nitrogen and oxygen atoms in total. The lowest BCUT2D eigenvalue weighted by atomic mass is 9.89. The van der Waals surface area contributed by atoms with E-state index in [2.05, 4.69) is 51.7 Å². The van der Waals surface area contributed by atoms with Crippen LogP contribution in [0.1, 0.15) is 57.8 Å². The average Bonchev–Trinajstić information content (AvgIpc) is 3.21. The molecule has 2 atom stereocenters. The molecule has 0 bridgehead atoms. The van der Waals surface area contributed by atoms with Gasteiger partial charge in [0.25, 0.3) is 0 Å². The first-order valence-corrected chi connectivity index (χ1v) is 12.2. The molecule has 6 heteroatoms. The van der Waals surface area contributed by atoms with Gasteiger partial charge in [0.1, 0.15) is 11.7 Å². The number of hydrogen-bond acceptors (Lipinski definition) is 5. The lowest BCUT2D eigenvalue weighted by Gasteiger charge is -2.41. The number of aliphatic imine (C=N–C) groups is 1. The van der Waals surface area contributed by atoms with Gasteiger partial charge in [-0.3, -0.25) is 10.3 Å². The number of anilines is 1. The third-order valence-electron chi connectivity index (χ3n) is 7.42. The fourth-order valence-electron chi connectivity index (χ4n) is 5.71. The largest absolute Gasteiger partial charge is 0.371 e. The molecule has 1 saturated heterocycles. The fourth-order valence-corrected chi connectivity index (χ4v) is 5.71. The molecule has 1 aromatic carbocycles. The summed E-state index contributed by atoms with van der Waals surface area (Å²) in [5, 5.41) is 16.6. The number of nitrogens with one attached hydrogen (secondary N) is 3.